The minimum atomic E-state index is -1.14. The van der Waals surface area contributed by atoms with Gasteiger partial charge in [0.2, 0.25) is 0 Å². The Kier molecular flexibility index (Phi) is 5.08. The quantitative estimate of drug-likeness (QED) is 0.743. The zero-order valence-corrected chi connectivity index (χ0v) is 15.3. The average molecular weight is 390 g/mol. The predicted octanol–water partition coefficient (Wildman–Crippen LogP) is 3.58. The second-order valence-corrected chi connectivity index (χ2v) is 6.35. The summed E-state index contributed by atoms with van der Waals surface area (Å²) in [6.07, 6.45) is 0. The molecule has 1 heterocycles. The number of aryl methyl sites for hydroxylation is 1. The lowest BCUT2D eigenvalue weighted by molar-refractivity contribution is 0.207. The van der Waals surface area contributed by atoms with Crippen molar-refractivity contribution < 1.29 is 18.0 Å². The van der Waals surface area contributed by atoms with Crippen molar-refractivity contribution in [3.63, 3.8) is 0 Å². The fourth-order valence-electron chi connectivity index (χ4n) is 2.78. The Balaban J connectivity index is 1.98. The molecule has 0 radical (unpaired) electrons. The third-order valence-corrected chi connectivity index (χ3v) is 4.51. The van der Waals surface area contributed by atoms with E-state index in [4.69, 9.17) is 0 Å². The Labute approximate surface area is 158 Å². The van der Waals surface area contributed by atoms with Crippen LogP contribution in [0.4, 0.5) is 23.7 Å². The minimum absolute atomic E-state index is 0.0365. The molecule has 28 heavy (non-hydrogen) atoms. The number of urea groups is 1. The predicted molar refractivity (Wildman–Crippen MR) is 98.5 cm³/mol. The molecule has 3 aromatic rings. The van der Waals surface area contributed by atoms with Crippen LogP contribution in [0.3, 0.4) is 0 Å². The average Bonchev–Trinajstić information content (AvgIpc) is 2.67. The fourth-order valence-corrected chi connectivity index (χ4v) is 2.78. The van der Waals surface area contributed by atoms with Gasteiger partial charge in [-0.1, -0.05) is 0 Å². The molecule has 0 fully saturated rings. The van der Waals surface area contributed by atoms with Crippen LogP contribution in [0, 0.1) is 17.5 Å². The van der Waals surface area contributed by atoms with Gasteiger partial charge in [0.25, 0.3) is 5.56 Å². The summed E-state index contributed by atoms with van der Waals surface area (Å²) in [5, 5.41) is 6.83. The van der Waals surface area contributed by atoms with Crippen LogP contribution in [-0.4, -0.2) is 27.8 Å². The molecule has 146 valence electrons. The Morgan fingerprint density at radius 3 is 2.29 bits per heavy atom. The third-order valence-electron chi connectivity index (χ3n) is 4.51. The van der Waals surface area contributed by atoms with E-state index >= 15 is 0 Å². The van der Waals surface area contributed by atoms with Crippen LogP contribution in [-0.2, 0) is 7.05 Å². The van der Waals surface area contributed by atoms with Gasteiger partial charge >= 0.3 is 6.03 Å². The molecule has 2 aromatic carbocycles. The number of amides is 2. The van der Waals surface area contributed by atoms with Gasteiger partial charge < -0.3 is 10.2 Å². The lowest BCUT2D eigenvalue weighted by Crippen LogP contribution is -2.35. The first-order valence-electron chi connectivity index (χ1n) is 8.34. The monoisotopic (exact) mass is 390 g/mol. The van der Waals surface area contributed by atoms with Crippen molar-refractivity contribution in [2.75, 3.05) is 12.4 Å². The number of halogens is 3. The summed E-state index contributed by atoms with van der Waals surface area (Å²) in [4.78, 5) is 26.0. The maximum atomic E-state index is 13.8. The molecule has 0 bridgehead atoms. The van der Waals surface area contributed by atoms with E-state index in [2.05, 4.69) is 10.4 Å². The topological polar surface area (TPSA) is 67.2 Å². The van der Waals surface area contributed by atoms with E-state index in [0.717, 1.165) is 16.8 Å². The Bertz CT molecular complexity index is 1110. The molecule has 0 spiro atoms. The summed E-state index contributed by atoms with van der Waals surface area (Å²) in [6, 6.07) is 5.75. The maximum absolute atomic E-state index is 13.8. The molecule has 0 aliphatic heterocycles. The highest BCUT2D eigenvalue weighted by Gasteiger charge is 2.23. The molecule has 1 aromatic heterocycles. The number of anilines is 1. The van der Waals surface area contributed by atoms with Crippen molar-refractivity contribution in [2.45, 2.75) is 13.0 Å². The largest absolute Gasteiger partial charge is 0.322 e. The second-order valence-electron chi connectivity index (χ2n) is 6.35. The van der Waals surface area contributed by atoms with Crippen LogP contribution in [0.1, 0.15) is 18.7 Å². The number of nitrogens with zero attached hydrogens (tertiary/aromatic N) is 3. The fraction of sp³-hybridized carbons (Fsp3) is 0.211. The van der Waals surface area contributed by atoms with Crippen molar-refractivity contribution >= 4 is 22.5 Å². The summed E-state index contributed by atoms with van der Waals surface area (Å²) >= 11 is 0. The van der Waals surface area contributed by atoms with Crippen molar-refractivity contribution in [2.24, 2.45) is 7.05 Å². The summed E-state index contributed by atoms with van der Waals surface area (Å²) in [7, 11) is 2.87. The first kappa shape index (κ1) is 19.4. The van der Waals surface area contributed by atoms with Gasteiger partial charge in [-0.3, -0.25) is 4.79 Å². The summed E-state index contributed by atoms with van der Waals surface area (Å²) in [6.45, 7) is 1.64. The number of carbonyl (C=O) groups is 1. The van der Waals surface area contributed by atoms with E-state index in [-0.39, 0.29) is 16.5 Å². The summed E-state index contributed by atoms with van der Waals surface area (Å²) < 4.78 is 41.4. The van der Waals surface area contributed by atoms with E-state index in [1.807, 2.05) is 0 Å². The Morgan fingerprint density at radius 2 is 1.68 bits per heavy atom. The Hall–Kier alpha value is -3.36. The van der Waals surface area contributed by atoms with Gasteiger partial charge in [0.05, 0.1) is 17.1 Å². The number of aromatic nitrogens is 2. The molecule has 0 aliphatic carbocycles. The lowest BCUT2D eigenvalue weighted by Gasteiger charge is -2.26. The molecule has 0 saturated carbocycles. The third kappa shape index (κ3) is 3.55. The van der Waals surface area contributed by atoms with Crippen LogP contribution in [0.25, 0.3) is 10.8 Å². The van der Waals surface area contributed by atoms with E-state index in [9.17, 15) is 22.8 Å². The van der Waals surface area contributed by atoms with Gasteiger partial charge in [0.1, 0.15) is 5.82 Å². The molecular weight excluding hydrogens is 373 g/mol. The maximum Gasteiger partial charge on any atom is 0.322 e. The van der Waals surface area contributed by atoms with Crippen LogP contribution in [0.2, 0.25) is 0 Å². The van der Waals surface area contributed by atoms with E-state index < -0.39 is 35.1 Å². The van der Waals surface area contributed by atoms with Crippen molar-refractivity contribution in [3.8, 4) is 0 Å². The van der Waals surface area contributed by atoms with Gasteiger partial charge in [0.15, 0.2) is 11.6 Å². The van der Waals surface area contributed by atoms with Gasteiger partial charge in [-0.25, -0.2) is 22.6 Å². The van der Waals surface area contributed by atoms with Gasteiger partial charge in [0, 0.05) is 25.2 Å². The first-order valence-corrected chi connectivity index (χ1v) is 8.34. The van der Waals surface area contributed by atoms with E-state index in [0.29, 0.717) is 5.69 Å². The number of nitrogens with one attached hydrogen (secondary N) is 1. The van der Waals surface area contributed by atoms with Crippen LogP contribution in [0.5, 0.6) is 0 Å². The number of rotatable bonds is 3. The molecular formula is C19H17F3N4O2. The first-order chi connectivity index (χ1) is 13.2. The second kappa shape index (κ2) is 7.34. The highest BCUT2D eigenvalue weighted by Crippen LogP contribution is 2.26. The van der Waals surface area contributed by atoms with Gasteiger partial charge in [-0.2, -0.15) is 5.10 Å². The van der Waals surface area contributed by atoms with Crippen molar-refractivity contribution in [1.82, 2.24) is 14.7 Å². The number of hydrogen-bond donors (Lipinski definition) is 1. The highest BCUT2D eigenvalue weighted by atomic mass is 19.2. The highest BCUT2D eigenvalue weighted by molar-refractivity contribution is 5.90. The molecule has 1 unspecified atom stereocenters. The number of benzene rings is 2. The smallest absolute Gasteiger partial charge is 0.319 e. The normalized spacial score (nSPS) is 12.1. The minimum Gasteiger partial charge on any atom is -0.319 e. The molecule has 0 saturated heterocycles. The molecule has 2 amide bonds. The zero-order chi connectivity index (χ0) is 20.6. The van der Waals surface area contributed by atoms with Crippen molar-refractivity contribution in [1.29, 1.82) is 0 Å². The number of fused-ring (bicyclic) bond motifs is 1. The SMILES string of the molecule is CC(c1nn(C)c(=O)c2cc(F)c(F)cc12)N(C)C(=O)Nc1ccc(F)cc1. The van der Waals surface area contributed by atoms with Crippen LogP contribution < -0.4 is 10.9 Å². The molecule has 1 N–H and O–H groups in total. The molecule has 1 atom stereocenters. The molecule has 6 nitrogen and oxygen atoms in total. The lowest BCUT2D eigenvalue weighted by atomic mass is 10.1. The van der Waals surface area contributed by atoms with E-state index in [1.165, 1.54) is 43.3 Å². The van der Waals surface area contributed by atoms with Crippen LogP contribution >= 0.6 is 0 Å². The molecule has 3 rings (SSSR count). The number of hydrogen-bond acceptors (Lipinski definition) is 3. The zero-order valence-electron chi connectivity index (χ0n) is 15.3. The number of carbonyl (C=O) groups excluding carboxylic acids is 1. The summed E-state index contributed by atoms with van der Waals surface area (Å²) in [5.41, 5.74) is 0.0351. The van der Waals surface area contributed by atoms with Crippen molar-refractivity contribution in [3.05, 3.63) is 69.9 Å². The summed E-state index contributed by atoms with van der Waals surface area (Å²) in [5.74, 6) is -2.69. The Morgan fingerprint density at radius 1 is 1.11 bits per heavy atom. The van der Waals surface area contributed by atoms with Crippen LogP contribution in [0.15, 0.2) is 41.2 Å². The van der Waals surface area contributed by atoms with E-state index in [1.54, 1.807) is 6.92 Å². The van der Waals surface area contributed by atoms with Gasteiger partial charge in [-0.15, -0.1) is 0 Å². The molecule has 9 heteroatoms. The van der Waals surface area contributed by atoms with Gasteiger partial charge in [-0.05, 0) is 43.3 Å². The standard InChI is InChI=1S/C19H17F3N4O2/c1-10(25(2)19(28)23-12-6-4-11(20)5-7-12)17-13-8-15(21)16(22)9-14(13)18(27)26(3)24-17/h4-10H,1-3H3,(H,23,28). The molecule has 0 aliphatic rings.